The fourth-order valence-corrected chi connectivity index (χ4v) is 3.66. The van der Waals surface area contributed by atoms with Crippen molar-refractivity contribution in [3.63, 3.8) is 0 Å². The molecule has 0 saturated heterocycles. The highest BCUT2D eigenvalue weighted by Crippen LogP contribution is 2.40. The van der Waals surface area contributed by atoms with Gasteiger partial charge in [0.25, 0.3) is 0 Å². The summed E-state index contributed by atoms with van der Waals surface area (Å²) >= 11 is 8.46. The summed E-state index contributed by atoms with van der Waals surface area (Å²) in [5.74, 6) is 0.689. The number of benzene rings is 2. The Morgan fingerprint density at radius 1 is 1.10 bits per heavy atom. The largest absolute Gasteiger partial charge is 0.320 e. The second-order valence-electron chi connectivity index (χ2n) is 5.40. The quantitative estimate of drug-likeness (QED) is 0.702. The van der Waals surface area contributed by atoms with Gasteiger partial charge in [0.1, 0.15) is 0 Å². The molecule has 3 heteroatoms. The zero-order valence-corrected chi connectivity index (χ0v) is 14.1. The molecule has 1 saturated carbocycles. The van der Waals surface area contributed by atoms with E-state index >= 15 is 0 Å². The van der Waals surface area contributed by atoms with Crippen molar-refractivity contribution in [2.45, 2.75) is 31.2 Å². The lowest BCUT2D eigenvalue weighted by atomic mass is 9.76. The molecule has 0 heterocycles. The van der Waals surface area contributed by atoms with Crippen LogP contribution in [0.2, 0.25) is 5.02 Å². The molecular weight excluding hydrogens is 381 g/mol. The summed E-state index contributed by atoms with van der Waals surface area (Å²) < 4.78 is 1.17. The van der Waals surface area contributed by atoms with Gasteiger partial charge in [0, 0.05) is 8.59 Å². The molecule has 2 aromatic rings. The fraction of sp³-hybridized carbons (Fsp3) is 0.294. The van der Waals surface area contributed by atoms with E-state index in [4.69, 9.17) is 17.3 Å². The molecule has 1 atom stereocenters. The average Bonchev–Trinajstić information content (AvgIpc) is 2.39. The summed E-state index contributed by atoms with van der Waals surface area (Å²) in [6.45, 7) is 0. The minimum Gasteiger partial charge on any atom is -0.320 e. The van der Waals surface area contributed by atoms with Crippen molar-refractivity contribution in [1.29, 1.82) is 0 Å². The molecule has 2 N–H and O–H groups in total. The van der Waals surface area contributed by atoms with Crippen LogP contribution in [-0.4, -0.2) is 0 Å². The van der Waals surface area contributed by atoms with Gasteiger partial charge in [0.2, 0.25) is 0 Å². The van der Waals surface area contributed by atoms with E-state index in [0.717, 1.165) is 10.6 Å². The lowest BCUT2D eigenvalue weighted by molar-refractivity contribution is 0.416. The Labute approximate surface area is 138 Å². The van der Waals surface area contributed by atoms with E-state index in [0.29, 0.717) is 5.92 Å². The number of rotatable bonds is 3. The monoisotopic (exact) mass is 397 g/mol. The maximum Gasteiger partial charge on any atom is 0.0565 e. The third-order valence-electron chi connectivity index (χ3n) is 4.17. The molecule has 0 aliphatic heterocycles. The highest BCUT2D eigenvalue weighted by molar-refractivity contribution is 14.1. The van der Waals surface area contributed by atoms with Gasteiger partial charge in [-0.1, -0.05) is 42.3 Å². The van der Waals surface area contributed by atoms with Gasteiger partial charge in [-0.2, -0.15) is 0 Å². The molecule has 0 aromatic heterocycles. The molecule has 104 valence electrons. The summed E-state index contributed by atoms with van der Waals surface area (Å²) in [5.41, 5.74) is 10.3. The van der Waals surface area contributed by atoms with Crippen molar-refractivity contribution in [3.05, 3.63) is 67.7 Å². The zero-order chi connectivity index (χ0) is 14.1. The Hall–Kier alpha value is -0.580. The van der Waals surface area contributed by atoms with Crippen LogP contribution in [0.15, 0.2) is 42.5 Å². The maximum atomic E-state index is 6.54. The first-order valence-electron chi connectivity index (χ1n) is 6.96. The Bertz CT molecular complexity index is 622. The lowest BCUT2D eigenvalue weighted by Gasteiger charge is -2.30. The van der Waals surface area contributed by atoms with E-state index in [1.54, 1.807) is 0 Å². The average molecular weight is 398 g/mol. The predicted molar refractivity (Wildman–Crippen MR) is 93.2 cm³/mol. The van der Waals surface area contributed by atoms with Gasteiger partial charge in [-0.05, 0) is 76.2 Å². The SMILES string of the molecule is NC(c1cc(Cl)ccc1I)c1ccccc1C1CCC1. The first-order chi connectivity index (χ1) is 9.66. The van der Waals surface area contributed by atoms with E-state index in [9.17, 15) is 0 Å². The highest BCUT2D eigenvalue weighted by Gasteiger charge is 2.24. The summed E-state index contributed by atoms with van der Waals surface area (Å²) in [7, 11) is 0. The number of halogens is 2. The molecule has 1 aliphatic rings. The van der Waals surface area contributed by atoms with E-state index < -0.39 is 0 Å². The van der Waals surface area contributed by atoms with E-state index in [1.807, 2.05) is 18.2 Å². The Kier molecular flexibility index (Phi) is 4.34. The second-order valence-corrected chi connectivity index (χ2v) is 7.00. The van der Waals surface area contributed by atoms with Crippen molar-refractivity contribution in [2.24, 2.45) is 5.73 Å². The van der Waals surface area contributed by atoms with Crippen LogP contribution < -0.4 is 5.73 Å². The van der Waals surface area contributed by atoms with Gasteiger partial charge >= 0.3 is 0 Å². The number of nitrogens with two attached hydrogens (primary N) is 1. The molecule has 3 rings (SSSR count). The minimum absolute atomic E-state index is 0.0996. The van der Waals surface area contributed by atoms with Crippen LogP contribution in [0.5, 0.6) is 0 Å². The topological polar surface area (TPSA) is 26.0 Å². The van der Waals surface area contributed by atoms with Crippen LogP contribution in [0.4, 0.5) is 0 Å². The van der Waals surface area contributed by atoms with Gasteiger partial charge in [0.15, 0.2) is 0 Å². The molecule has 0 amide bonds. The van der Waals surface area contributed by atoms with Gasteiger partial charge in [-0.25, -0.2) is 0 Å². The summed E-state index contributed by atoms with van der Waals surface area (Å²) in [5, 5.41) is 0.747. The molecular formula is C17H17ClIN. The molecule has 0 spiro atoms. The van der Waals surface area contributed by atoms with Crippen LogP contribution in [0.1, 0.15) is 47.9 Å². The second kappa shape index (κ2) is 6.04. The highest BCUT2D eigenvalue weighted by atomic mass is 127. The molecule has 0 radical (unpaired) electrons. The first-order valence-corrected chi connectivity index (χ1v) is 8.42. The van der Waals surface area contributed by atoms with Gasteiger partial charge in [-0.15, -0.1) is 0 Å². The smallest absolute Gasteiger partial charge is 0.0565 e. The van der Waals surface area contributed by atoms with Crippen molar-refractivity contribution in [1.82, 2.24) is 0 Å². The van der Waals surface area contributed by atoms with Crippen molar-refractivity contribution in [2.75, 3.05) is 0 Å². The maximum absolute atomic E-state index is 6.54. The zero-order valence-electron chi connectivity index (χ0n) is 11.2. The Morgan fingerprint density at radius 3 is 2.55 bits per heavy atom. The fourth-order valence-electron chi connectivity index (χ4n) is 2.81. The third kappa shape index (κ3) is 2.74. The van der Waals surface area contributed by atoms with Crippen molar-refractivity contribution >= 4 is 34.2 Å². The first kappa shape index (κ1) is 14.4. The molecule has 1 nitrogen and oxygen atoms in total. The normalized spacial score (nSPS) is 16.8. The minimum atomic E-state index is -0.0996. The van der Waals surface area contributed by atoms with Crippen LogP contribution in [0.25, 0.3) is 0 Å². The Morgan fingerprint density at radius 2 is 1.85 bits per heavy atom. The molecule has 1 unspecified atom stereocenters. The third-order valence-corrected chi connectivity index (χ3v) is 5.39. The summed E-state index contributed by atoms with van der Waals surface area (Å²) in [6, 6.07) is 14.4. The van der Waals surface area contributed by atoms with Crippen LogP contribution in [-0.2, 0) is 0 Å². The van der Waals surface area contributed by atoms with Gasteiger partial charge in [0.05, 0.1) is 6.04 Å². The number of hydrogen-bond donors (Lipinski definition) is 1. The Balaban J connectivity index is 2.01. The van der Waals surface area contributed by atoms with E-state index in [1.165, 1.54) is 34.0 Å². The molecule has 1 aliphatic carbocycles. The van der Waals surface area contributed by atoms with Crippen LogP contribution in [0.3, 0.4) is 0 Å². The lowest BCUT2D eigenvalue weighted by Crippen LogP contribution is -2.19. The van der Waals surface area contributed by atoms with Crippen molar-refractivity contribution < 1.29 is 0 Å². The van der Waals surface area contributed by atoms with Gasteiger partial charge < -0.3 is 5.73 Å². The molecule has 20 heavy (non-hydrogen) atoms. The predicted octanol–water partition coefficient (Wildman–Crippen LogP) is 5.26. The standard InChI is InChI=1S/C17H17ClIN/c18-12-8-9-16(19)15(10-12)17(20)14-7-2-1-6-13(14)11-4-3-5-11/h1-2,6-11,17H,3-5,20H2. The molecule has 1 fully saturated rings. The van der Waals surface area contributed by atoms with Crippen LogP contribution >= 0.6 is 34.2 Å². The summed E-state index contributed by atoms with van der Waals surface area (Å²) in [4.78, 5) is 0. The van der Waals surface area contributed by atoms with E-state index in [2.05, 4.69) is 46.9 Å². The molecule has 0 bridgehead atoms. The van der Waals surface area contributed by atoms with Crippen molar-refractivity contribution in [3.8, 4) is 0 Å². The number of hydrogen-bond acceptors (Lipinski definition) is 1. The summed E-state index contributed by atoms with van der Waals surface area (Å²) in [6.07, 6.45) is 3.91. The van der Waals surface area contributed by atoms with Gasteiger partial charge in [-0.3, -0.25) is 0 Å². The van der Waals surface area contributed by atoms with Crippen LogP contribution in [0, 0.1) is 3.57 Å². The molecule has 2 aromatic carbocycles. The van der Waals surface area contributed by atoms with E-state index in [-0.39, 0.29) is 6.04 Å².